The van der Waals surface area contributed by atoms with E-state index in [1.807, 2.05) is 6.92 Å². The van der Waals surface area contributed by atoms with Crippen LogP contribution in [-0.4, -0.2) is 30.4 Å². The summed E-state index contributed by atoms with van der Waals surface area (Å²) in [5.74, 6) is -0.736. The first-order chi connectivity index (χ1) is 6.63. The van der Waals surface area contributed by atoms with Crippen molar-refractivity contribution in [3.8, 4) is 0 Å². The van der Waals surface area contributed by atoms with Gasteiger partial charge in [0.15, 0.2) is 0 Å². The van der Waals surface area contributed by atoms with Crippen LogP contribution < -0.4 is 16.0 Å². The van der Waals surface area contributed by atoms with Crippen LogP contribution in [0.1, 0.15) is 19.8 Å². The predicted molar refractivity (Wildman–Crippen MR) is 48.4 cm³/mol. The molecular weight excluding hydrogens is 186 g/mol. The second kappa shape index (κ2) is 4.59. The number of amides is 4. The van der Waals surface area contributed by atoms with Crippen LogP contribution in [0.3, 0.4) is 0 Å². The van der Waals surface area contributed by atoms with Crippen LogP contribution in [0.15, 0.2) is 0 Å². The Hall–Kier alpha value is -1.59. The molecule has 0 spiro atoms. The van der Waals surface area contributed by atoms with Gasteiger partial charge in [-0.1, -0.05) is 6.92 Å². The second-order valence-electron chi connectivity index (χ2n) is 3.07. The van der Waals surface area contributed by atoms with Crippen LogP contribution in [-0.2, 0) is 9.59 Å². The minimum Gasteiger partial charge on any atom is -0.354 e. The Morgan fingerprint density at radius 2 is 2.29 bits per heavy atom. The summed E-state index contributed by atoms with van der Waals surface area (Å²) < 4.78 is 0. The number of carbonyl (C=O) groups excluding carboxylic acids is 3. The summed E-state index contributed by atoms with van der Waals surface area (Å²) in [7, 11) is 0. The van der Waals surface area contributed by atoms with Crippen molar-refractivity contribution in [3.63, 3.8) is 0 Å². The van der Waals surface area contributed by atoms with Gasteiger partial charge in [0.05, 0.1) is 6.42 Å². The van der Waals surface area contributed by atoms with Gasteiger partial charge in [-0.25, -0.2) is 4.79 Å². The van der Waals surface area contributed by atoms with Crippen molar-refractivity contribution < 1.29 is 14.4 Å². The summed E-state index contributed by atoms with van der Waals surface area (Å²) in [6.45, 7) is 2.47. The first kappa shape index (κ1) is 10.5. The van der Waals surface area contributed by atoms with E-state index in [1.54, 1.807) is 0 Å². The zero-order chi connectivity index (χ0) is 10.6. The monoisotopic (exact) mass is 199 g/mol. The van der Waals surface area contributed by atoms with Crippen LogP contribution in [0.2, 0.25) is 0 Å². The molecule has 1 atom stereocenters. The van der Waals surface area contributed by atoms with E-state index in [0.717, 1.165) is 6.42 Å². The molecule has 1 fully saturated rings. The molecule has 78 valence electrons. The topological polar surface area (TPSA) is 87.3 Å². The van der Waals surface area contributed by atoms with Crippen molar-refractivity contribution in [1.29, 1.82) is 0 Å². The molecule has 0 unspecified atom stereocenters. The van der Waals surface area contributed by atoms with Gasteiger partial charge >= 0.3 is 6.03 Å². The number of hydrogen-bond acceptors (Lipinski definition) is 3. The zero-order valence-corrected chi connectivity index (χ0v) is 7.92. The molecule has 0 bridgehead atoms. The SMILES string of the molecule is CCCNC(=O)[C@H]1CC(=O)NC(=O)N1. The van der Waals surface area contributed by atoms with E-state index in [1.165, 1.54) is 0 Å². The van der Waals surface area contributed by atoms with E-state index in [9.17, 15) is 14.4 Å². The maximum atomic E-state index is 11.3. The average Bonchev–Trinajstić information content (AvgIpc) is 2.12. The molecule has 1 aliphatic rings. The summed E-state index contributed by atoms with van der Waals surface area (Å²) in [5, 5.41) is 7.03. The molecule has 3 N–H and O–H groups in total. The molecule has 14 heavy (non-hydrogen) atoms. The van der Waals surface area contributed by atoms with E-state index in [4.69, 9.17) is 0 Å². The fraction of sp³-hybridized carbons (Fsp3) is 0.625. The van der Waals surface area contributed by atoms with E-state index >= 15 is 0 Å². The molecule has 1 saturated heterocycles. The molecule has 0 aromatic carbocycles. The lowest BCUT2D eigenvalue weighted by Crippen LogP contribution is -2.57. The number of hydrogen-bond donors (Lipinski definition) is 3. The molecule has 0 aliphatic carbocycles. The quantitative estimate of drug-likeness (QED) is 0.551. The Morgan fingerprint density at radius 1 is 1.57 bits per heavy atom. The van der Waals surface area contributed by atoms with Crippen molar-refractivity contribution in [2.24, 2.45) is 0 Å². The number of imide groups is 1. The lowest BCUT2D eigenvalue weighted by Gasteiger charge is -2.21. The zero-order valence-electron chi connectivity index (χ0n) is 7.92. The molecule has 6 heteroatoms. The normalized spacial score (nSPS) is 21.1. The van der Waals surface area contributed by atoms with E-state index in [-0.39, 0.29) is 12.3 Å². The van der Waals surface area contributed by atoms with Crippen molar-refractivity contribution in [1.82, 2.24) is 16.0 Å². The van der Waals surface area contributed by atoms with E-state index in [2.05, 4.69) is 16.0 Å². The third-order valence-electron chi connectivity index (χ3n) is 1.81. The highest BCUT2D eigenvalue weighted by Gasteiger charge is 2.28. The fourth-order valence-corrected chi connectivity index (χ4v) is 1.14. The number of urea groups is 1. The van der Waals surface area contributed by atoms with Gasteiger partial charge in [-0.05, 0) is 6.42 Å². The second-order valence-corrected chi connectivity index (χ2v) is 3.07. The Kier molecular flexibility index (Phi) is 3.44. The summed E-state index contributed by atoms with van der Waals surface area (Å²) in [4.78, 5) is 33.1. The molecule has 1 heterocycles. The predicted octanol–water partition coefficient (Wildman–Crippen LogP) is -0.889. The van der Waals surface area contributed by atoms with Gasteiger partial charge in [0.2, 0.25) is 11.8 Å². The Morgan fingerprint density at radius 3 is 2.86 bits per heavy atom. The minimum absolute atomic E-state index is 0.00128. The Bertz CT molecular complexity index is 249. The Balaban J connectivity index is 2.46. The molecular formula is C8H13N3O3. The maximum Gasteiger partial charge on any atom is 0.322 e. The lowest BCUT2D eigenvalue weighted by atomic mass is 10.1. The van der Waals surface area contributed by atoms with E-state index in [0.29, 0.717) is 6.54 Å². The molecule has 0 aromatic heterocycles. The highest BCUT2D eigenvalue weighted by atomic mass is 16.2. The van der Waals surface area contributed by atoms with Crippen molar-refractivity contribution in [2.75, 3.05) is 6.54 Å². The van der Waals surface area contributed by atoms with Gasteiger partial charge in [-0.2, -0.15) is 0 Å². The molecule has 0 aromatic rings. The highest BCUT2D eigenvalue weighted by molar-refractivity contribution is 6.02. The van der Waals surface area contributed by atoms with E-state index < -0.39 is 18.0 Å². The Labute approximate surface area is 81.4 Å². The molecule has 1 rings (SSSR count). The largest absolute Gasteiger partial charge is 0.354 e. The fourth-order valence-electron chi connectivity index (χ4n) is 1.14. The molecule has 6 nitrogen and oxygen atoms in total. The third-order valence-corrected chi connectivity index (χ3v) is 1.81. The average molecular weight is 199 g/mol. The smallest absolute Gasteiger partial charge is 0.322 e. The maximum absolute atomic E-state index is 11.3. The standard InChI is InChI=1S/C8H13N3O3/c1-2-3-9-7(13)5-4-6(12)11-8(14)10-5/h5H,2-4H2,1H3,(H,9,13)(H2,10,11,12,14)/t5-/m1/s1. The van der Waals surface area contributed by atoms with Crippen LogP contribution in [0.25, 0.3) is 0 Å². The third kappa shape index (κ3) is 2.72. The van der Waals surface area contributed by atoms with Crippen LogP contribution in [0, 0.1) is 0 Å². The first-order valence-electron chi connectivity index (χ1n) is 4.51. The molecule has 0 radical (unpaired) electrons. The van der Waals surface area contributed by atoms with Crippen LogP contribution >= 0.6 is 0 Å². The lowest BCUT2D eigenvalue weighted by molar-refractivity contribution is -0.128. The van der Waals surface area contributed by atoms with Crippen molar-refractivity contribution in [2.45, 2.75) is 25.8 Å². The van der Waals surface area contributed by atoms with Crippen molar-refractivity contribution in [3.05, 3.63) is 0 Å². The summed E-state index contributed by atoms with van der Waals surface area (Å²) in [6, 6.07) is -1.35. The molecule has 4 amide bonds. The summed E-state index contributed by atoms with van der Waals surface area (Å²) in [5.41, 5.74) is 0. The number of nitrogens with one attached hydrogen (secondary N) is 3. The molecule has 0 saturated carbocycles. The summed E-state index contributed by atoms with van der Waals surface area (Å²) >= 11 is 0. The first-order valence-corrected chi connectivity index (χ1v) is 4.51. The summed E-state index contributed by atoms with van der Waals surface area (Å²) in [6.07, 6.45) is 0.819. The van der Waals surface area contributed by atoms with Gasteiger partial charge < -0.3 is 10.6 Å². The number of rotatable bonds is 3. The van der Waals surface area contributed by atoms with Gasteiger partial charge in [-0.15, -0.1) is 0 Å². The number of carbonyl (C=O) groups is 3. The van der Waals surface area contributed by atoms with Crippen molar-refractivity contribution >= 4 is 17.8 Å². The van der Waals surface area contributed by atoms with Gasteiger partial charge in [0.25, 0.3) is 0 Å². The highest BCUT2D eigenvalue weighted by Crippen LogP contribution is 1.97. The van der Waals surface area contributed by atoms with Crippen LogP contribution in [0.5, 0.6) is 0 Å². The van der Waals surface area contributed by atoms with Gasteiger partial charge in [0.1, 0.15) is 6.04 Å². The molecule has 1 aliphatic heterocycles. The van der Waals surface area contributed by atoms with Gasteiger partial charge in [-0.3, -0.25) is 14.9 Å². The van der Waals surface area contributed by atoms with Gasteiger partial charge in [0, 0.05) is 6.54 Å². The minimum atomic E-state index is -0.734. The van der Waals surface area contributed by atoms with Crippen LogP contribution in [0.4, 0.5) is 4.79 Å².